The number of carboxylic acids is 1. The molecule has 0 radical (unpaired) electrons. The maximum atomic E-state index is 12.4. The molecule has 1 atom stereocenters. The summed E-state index contributed by atoms with van der Waals surface area (Å²) in [6.45, 7) is 7.67. The number of hydrogen-bond acceptors (Lipinski definition) is 3. The first kappa shape index (κ1) is 17.7. The molecular weight excluding hydrogens is 306 g/mol. The summed E-state index contributed by atoms with van der Waals surface area (Å²) in [6.07, 6.45) is 1.98. The van der Waals surface area contributed by atoms with Gasteiger partial charge in [0.15, 0.2) is 0 Å². The highest BCUT2D eigenvalue weighted by atomic mass is 16.4. The van der Waals surface area contributed by atoms with Crippen molar-refractivity contribution in [2.75, 3.05) is 0 Å². The standard InChI is InChI=1S/C18H23N3O3/c1-11-5-6-12(2)16(9-11)21-14(4)15(10-19-21)18(24)20-13(3)7-8-17(22)23/h5-6,9-10,13H,7-8H2,1-4H3,(H,20,24)(H,22,23). The number of rotatable bonds is 6. The minimum absolute atomic E-state index is 0.0299. The second-order valence-corrected chi connectivity index (χ2v) is 6.15. The van der Waals surface area contributed by atoms with Crippen LogP contribution in [0.25, 0.3) is 5.69 Å². The molecule has 0 aliphatic carbocycles. The molecule has 1 aromatic heterocycles. The summed E-state index contributed by atoms with van der Waals surface area (Å²) in [4.78, 5) is 23.0. The van der Waals surface area contributed by atoms with Gasteiger partial charge in [-0.2, -0.15) is 5.10 Å². The number of amides is 1. The summed E-state index contributed by atoms with van der Waals surface area (Å²) in [5, 5.41) is 15.9. The summed E-state index contributed by atoms with van der Waals surface area (Å²) < 4.78 is 1.76. The van der Waals surface area contributed by atoms with Crippen LogP contribution in [0.3, 0.4) is 0 Å². The molecule has 0 fully saturated rings. The summed E-state index contributed by atoms with van der Waals surface area (Å²) in [5.41, 5.74) is 4.41. The molecule has 2 N–H and O–H groups in total. The Bertz CT molecular complexity index is 765. The third kappa shape index (κ3) is 4.01. The number of hydrogen-bond donors (Lipinski definition) is 2. The van der Waals surface area contributed by atoms with E-state index in [2.05, 4.69) is 10.4 Å². The Morgan fingerprint density at radius 2 is 2.00 bits per heavy atom. The summed E-state index contributed by atoms with van der Waals surface area (Å²) in [5.74, 6) is -1.10. The Morgan fingerprint density at radius 3 is 2.67 bits per heavy atom. The molecule has 1 amide bonds. The molecule has 2 rings (SSSR count). The van der Waals surface area contributed by atoms with Crippen LogP contribution in [0.2, 0.25) is 0 Å². The zero-order chi connectivity index (χ0) is 17.9. The monoisotopic (exact) mass is 329 g/mol. The Kier molecular flexibility index (Phi) is 5.39. The third-order valence-corrected chi connectivity index (χ3v) is 4.02. The first-order valence-corrected chi connectivity index (χ1v) is 7.94. The van der Waals surface area contributed by atoms with Gasteiger partial charge in [-0.05, 0) is 51.3 Å². The van der Waals surface area contributed by atoms with Gasteiger partial charge in [-0.15, -0.1) is 0 Å². The molecule has 24 heavy (non-hydrogen) atoms. The number of nitrogens with zero attached hydrogens (tertiary/aromatic N) is 2. The first-order chi connectivity index (χ1) is 11.3. The van der Waals surface area contributed by atoms with E-state index in [1.165, 1.54) is 0 Å². The molecule has 1 unspecified atom stereocenters. The first-order valence-electron chi connectivity index (χ1n) is 7.94. The Labute approximate surface area is 141 Å². The van der Waals surface area contributed by atoms with Crippen molar-refractivity contribution in [3.63, 3.8) is 0 Å². The van der Waals surface area contributed by atoms with E-state index in [-0.39, 0.29) is 18.4 Å². The average molecular weight is 329 g/mol. The third-order valence-electron chi connectivity index (χ3n) is 4.02. The van der Waals surface area contributed by atoms with Crippen molar-refractivity contribution in [2.45, 2.75) is 46.6 Å². The van der Waals surface area contributed by atoms with Crippen LogP contribution in [0.15, 0.2) is 24.4 Å². The molecule has 6 nitrogen and oxygen atoms in total. The number of nitrogens with one attached hydrogen (secondary N) is 1. The predicted octanol–water partition coefficient (Wildman–Crippen LogP) is 2.78. The fourth-order valence-electron chi connectivity index (χ4n) is 2.54. The second kappa shape index (κ2) is 7.29. The van der Waals surface area contributed by atoms with Crippen molar-refractivity contribution in [1.82, 2.24) is 15.1 Å². The van der Waals surface area contributed by atoms with E-state index in [4.69, 9.17) is 5.11 Å². The normalized spacial score (nSPS) is 12.0. The maximum absolute atomic E-state index is 12.4. The van der Waals surface area contributed by atoms with Crippen molar-refractivity contribution in [2.24, 2.45) is 0 Å². The van der Waals surface area contributed by atoms with E-state index in [0.717, 1.165) is 22.5 Å². The quantitative estimate of drug-likeness (QED) is 0.853. The lowest BCUT2D eigenvalue weighted by Gasteiger charge is -2.13. The van der Waals surface area contributed by atoms with E-state index in [1.54, 1.807) is 17.8 Å². The molecule has 0 aliphatic heterocycles. The highest BCUT2D eigenvalue weighted by Crippen LogP contribution is 2.19. The van der Waals surface area contributed by atoms with Gasteiger partial charge in [-0.3, -0.25) is 9.59 Å². The number of carbonyl (C=O) groups is 2. The van der Waals surface area contributed by atoms with Crippen molar-refractivity contribution in [1.29, 1.82) is 0 Å². The number of aliphatic carboxylic acids is 1. The predicted molar refractivity (Wildman–Crippen MR) is 91.6 cm³/mol. The number of carbonyl (C=O) groups excluding carboxylic acids is 1. The van der Waals surface area contributed by atoms with Gasteiger partial charge in [0, 0.05) is 12.5 Å². The van der Waals surface area contributed by atoms with Crippen molar-refractivity contribution in [3.05, 3.63) is 46.8 Å². The molecule has 0 saturated heterocycles. The van der Waals surface area contributed by atoms with Gasteiger partial charge in [0.1, 0.15) is 0 Å². The van der Waals surface area contributed by atoms with Gasteiger partial charge < -0.3 is 10.4 Å². The number of benzene rings is 1. The maximum Gasteiger partial charge on any atom is 0.303 e. The fourth-order valence-corrected chi connectivity index (χ4v) is 2.54. The van der Waals surface area contributed by atoms with Gasteiger partial charge in [-0.1, -0.05) is 12.1 Å². The molecule has 0 bridgehead atoms. The molecule has 2 aromatic rings. The van der Waals surface area contributed by atoms with Gasteiger partial charge in [0.2, 0.25) is 0 Å². The van der Waals surface area contributed by atoms with Crippen LogP contribution >= 0.6 is 0 Å². The largest absolute Gasteiger partial charge is 0.481 e. The van der Waals surface area contributed by atoms with Gasteiger partial charge >= 0.3 is 5.97 Å². The van der Waals surface area contributed by atoms with Crippen LogP contribution in [-0.4, -0.2) is 32.8 Å². The second-order valence-electron chi connectivity index (χ2n) is 6.15. The Hall–Kier alpha value is -2.63. The van der Waals surface area contributed by atoms with Gasteiger partial charge in [-0.25, -0.2) is 4.68 Å². The van der Waals surface area contributed by atoms with Gasteiger partial charge in [0.05, 0.1) is 23.1 Å². The highest BCUT2D eigenvalue weighted by molar-refractivity contribution is 5.95. The van der Waals surface area contributed by atoms with E-state index in [1.807, 2.05) is 39.0 Å². The van der Waals surface area contributed by atoms with E-state index < -0.39 is 5.97 Å². The topological polar surface area (TPSA) is 84.2 Å². The lowest BCUT2D eigenvalue weighted by molar-refractivity contribution is -0.137. The minimum atomic E-state index is -0.866. The fraction of sp³-hybridized carbons (Fsp3) is 0.389. The summed E-state index contributed by atoms with van der Waals surface area (Å²) >= 11 is 0. The molecule has 0 aliphatic rings. The lowest BCUT2D eigenvalue weighted by atomic mass is 10.1. The van der Waals surface area contributed by atoms with Crippen molar-refractivity contribution in [3.8, 4) is 5.69 Å². The summed E-state index contributed by atoms with van der Waals surface area (Å²) in [7, 11) is 0. The molecular formula is C18H23N3O3. The van der Waals surface area contributed by atoms with Crippen molar-refractivity contribution < 1.29 is 14.7 Å². The van der Waals surface area contributed by atoms with Crippen LogP contribution in [0.5, 0.6) is 0 Å². The van der Waals surface area contributed by atoms with Crippen LogP contribution in [0.1, 0.15) is 46.9 Å². The van der Waals surface area contributed by atoms with E-state index in [0.29, 0.717) is 12.0 Å². The smallest absolute Gasteiger partial charge is 0.303 e. The molecule has 128 valence electrons. The molecule has 0 saturated carbocycles. The number of carboxylic acid groups (broad SMARTS) is 1. The Balaban J connectivity index is 2.19. The lowest BCUT2D eigenvalue weighted by Crippen LogP contribution is -2.33. The average Bonchev–Trinajstić information content (AvgIpc) is 2.89. The molecule has 1 heterocycles. The zero-order valence-corrected chi connectivity index (χ0v) is 14.5. The zero-order valence-electron chi connectivity index (χ0n) is 14.5. The Morgan fingerprint density at radius 1 is 1.29 bits per heavy atom. The molecule has 6 heteroatoms. The van der Waals surface area contributed by atoms with Crippen LogP contribution in [-0.2, 0) is 4.79 Å². The highest BCUT2D eigenvalue weighted by Gasteiger charge is 2.18. The van der Waals surface area contributed by atoms with Crippen LogP contribution in [0, 0.1) is 20.8 Å². The van der Waals surface area contributed by atoms with Crippen LogP contribution in [0.4, 0.5) is 0 Å². The van der Waals surface area contributed by atoms with E-state index in [9.17, 15) is 9.59 Å². The summed E-state index contributed by atoms with van der Waals surface area (Å²) in [6, 6.07) is 5.89. The van der Waals surface area contributed by atoms with Crippen LogP contribution < -0.4 is 5.32 Å². The number of aryl methyl sites for hydroxylation is 2. The minimum Gasteiger partial charge on any atom is -0.481 e. The van der Waals surface area contributed by atoms with Gasteiger partial charge in [0.25, 0.3) is 5.91 Å². The SMILES string of the molecule is Cc1ccc(C)c(-n2ncc(C(=O)NC(C)CCC(=O)O)c2C)c1. The van der Waals surface area contributed by atoms with Crippen molar-refractivity contribution >= 4 is 11.9 Å². The molecule has 0 spiro atoms. The molecule has 1 aromatic carbocycles. The van der Waals surface area contributed by atoms with E-state index >= 15 is 0 Å². The number of aromatic nitrogens is 2.